The van der Waals surface area contributed by atoms with Crippen LogP contribution in [-0.2, 0) is 38.1 Å². The van der Waals surface area contributed by atoms with Gasteiger partial charge >= 0.3 is 23.9 Å². The molecule has 0 spiro atoms. The molecule has 0 aliphatic rings. The molecule has 8 nitrogen and oxygen atoms in total. The van der Waals surface area contributed by atoms with E-state index in [-0.39, 0.29) is 19.8 Å². The predicted molar refractivity (Wildman–Crippen MR) is 84.6 cm³/mol. The summed E-state index contributed by atoms with van der Waals surface area (Å²) in [5, 5.41) is 0. The largest absolute Gasteiger partial charge is 0.459 e. The second kappa shape index (κ2) is 14.6. The van der Waals surface area contributed by atoms with Gasteiger partial charge in [-0.3, -0.25) is 0 Å². The third-order valence-electron chi connectivity index (χ3n) is 2.50. The van der Waals surface area contributed by atoms with Gasteiger partial charge in [-0.2, -0.15) is 0 Å². The topological polar surface area (TPSA) is 105 Å². The van der Waals surface area contributed by atoms with Gasteiger partial charge in [-0.15, -0.1) is 0 Å². The number of esters is 4. The van der Waals surface area contributed by atoms with Gasteiger partial charge in [-0.1, -0.05) is 0 Å². The van der Waals surface area contributed by atoms with Gasteiger partial charge < -0.3 is 18.9 Å². The Morgan fingerprint density at radius 1 is 0.640 bits per heavy atom. The molecule has 0 rings (SSSR count). The number of hydrogen-bond donors (Lipinski definition) is 0. The van der Waals surface area contributed by atoms with E-state index in [4.69, 9.17) is 9.47 Å². The highest BCUT2D eigenvalue weighted by Gasteiger charge is 2.01. The Morgan fingerprint density at radius 3 is 1.44 bits per heavy atom. The van der Waals surface area contributed by atoms with Crippen molar-refractivity contribution in [3.63, 3.8) is 0 Å². The Labute approximate surface area is 146 Å². The van der Waals surface area contributed by atoms with Crippen LogP contribution in [0.3, 0.4) is 0 Å². The first-order valence-electron chi connectivity index (χ1n) is 7.61. The summed E-state index contributed by atoms with van der Waals surface area (Å²) in [6.07, 6.45) is 2.74. The first-order valence-corrected chi connectivity index (χ1v) is 7.61. The molecule has 0 atom stereocenters. The van der Waals surface area contributed by atoms with Crippen molar-refractivity contribution in [3.05, 3.63) is 0 Å². The van der Waals surface area contributed by atoms with Crippen molar-refractivity contribution in [3.8, 4) is 23.7 Å². The average molecular weight is 352 g/mol. The molecular weight excluding hydrogens is 332 g/mol. The monoisotopic (exact) mass is 352 g/mol. The number of unbranched alkanes of at least 4 members (excludes halogenated alkanes) is 3. The maximum atomic E-state index is 11.2. The second-order valence-corrected chi connectivity index (χ2v) is 4.40. The fourth-order valence-electron chi connectivity index (χ4n) is 1.38. The van der Waals surface area contributed by atoms with E-state index in [2.05, 4.69) is 9.47 Å². The first kappa shape index (κ1) is 22.0. The lowest BCUT2D eigenvalue weighted by atomic mass is 10.2. The molecule has 0 unspecified atom stereocenters. The van der Waals surface area contributed by atoms with E-state index in [1.54, 1.807) is 6.92 Å². The van der Waals surface area contributed by atoms with Gasteiger partial charge in [0.2, 0.25) is 0 Å². The van der Waals surface area contributed by atoms with Gasteiger partial charge in [0.25, 0.3) is 0 Å². The van der Waals surface area contributed by atoms with Crippen molar-refractivity contribution in [2.45, 2.75) is 32.6 Å². The molecule has 0 aromatic carbocycles. The highest BCUT2D eigenvalue weighted by atomic mass is 16.5. The van der Waals surface area contributed by atoms with Crippen molar-refractivity contribution in [2.24, 2.45) is 0 Å². The van der Waals surface area contributed by atoms with E-state index >= 15 is 0 Å². The SMILES string of the molecule is CCOC(=O)C#CC(=O)OCCCCCCOC(=O)C#CC(=O)OC. The van der Waals surface area contributed by atoms with Crippen LogP contribution in [0.5, 0.6) is 0 Å². The van der Waals surface area contributed by atoms with Crippen LogP contribution < -0.4 is 0 Å². The first-order chi connectivity index (χ1) is 12.0. The molecule has 8 heteroatoms. The lowest BCUT2D eigenvalue weighted by Gasteiger charge is -2.02. The van der Waals surface area contributed by atoms with Crippen molar-refractivity contribution in [1.82, 2.24) is 0 Å². The summed E-state index contributed by atoms with van der Waals surface area (Å²) < 4.78 is 18.4. The van der Waals surface area contributed by atoms with Crippen LogP contribution >= 0.6 is 0 Å². The molecule has 25 heavy (non-hydrogen) atoms. The van der Waals surface area contributed by atoms with Gasteiger partial charge in [-0.25, -0.2) is 19.2 Å². The zero-order valence-corrected chi connectivity index (χ0v) is 14.2. The van der Waals surface area contributed by atoms with Gasteiger partial charge in [-0.05, 0) is 32.6 Å². The highest BCUT2D eigenvalue weighted by Crippen LogP contribution is 2.00. The third kappa shape index (κ3) is 14.3. The van der Waals surface area contributed by atoms with Crippen LogP contribution in [0.25, 0.3) is 0 Å². The Morgan fingerprint density at radius 2 is 1.04 bits per heavy atom. The minimum absolute atomic E-state index is 0.180. The lowest BCUT2D eigenvalue weighted by molar-refractivity contribution is -0.138. The van der Waals surface area contributed by atoms with Gasteiger partial charge in [0, 0.05) is 23.7 Å². The van der Waals surface area contributed by atoms with E-state index in [9.17, 15) is 19.2 Å². The van der Waals surface area contributed by atoms with Crippen molar-refractivity contribution >= 4 is 23.9 Å². The zero-order chi connectivity index (χ0) is 18.9. The Bertz CT molecular complexity index is 585. The molecule has 0 N–H and O–H groups in total. The molecule has 0 aliphatic carbocycles. The summed E-state index contributed by atoms with van der Waals surface area (Å²) >= 11 is 0. The lowest BCUT2D eigenvalue weighted by Crippen LogP contribution is -2.06. The van der Waals surface area contributed by atoms with Crippen LogP contribution in [0, 0.1) is 23.7 Å². The Kier molecular flexibility index (Phi) is 12.8. The molecule has 0 saturated carbocycles. The smallest absolute Gasteiger partial charge is 0.384 e. The van der Waals surface area contributed by atoms with Crippen LogP contribution in [0.2, 0.25) is 0 Å². The Hall–Kier alpha value is -3.00. The third-order valence-corrected chi connectivity index (χ3v) is 2.50. The summed E-state index contributed by atoms with van der Waals surface area (Å²) in [5.41, 5.74) is 0. The molecular formula is C17H20O8. The molecule has 0 amide bonds. The summed E-state index contributed by atoms with van der Waals surface area (Å²) in [4.78, 5) is 43.9. The maximum absolute atomic E-state index is 11.2. The molecule has 136 valence electrons. The molecule has 0 aromatic rings. The number of carbonyl (C=O) groups excluding carboxylic acids is 4. The Balaban J connectivity index is 3.62. The van der Waals surface area contributed by atoms with Gasteiger partial charge in [0.05, 0.1) is 26.9 Å². The normalized spacial score (nSPS) is 8.72. The van der Waals surface area contributed by atoms with E-state index < -0.39 is 23.9 Å². The van der Waals surface area contributed by atoms with E-state index in [0.29, 0.717) is 12.8 Å². The standard InChI is InChI=1S/C17H20O8/c1-3-23-15(19)10-11-17(21)25-13-7-5-4-6-12-24-16(20)9-8-14(18)22-2/h3-7,12-13H2,1-2H3. The number of methoxy groups -OCH3 is 1. The van der Waals surface area contributed by atoms with E-state index in [0.717, 1.165) is 20.0 Å². The fourth-order valence-corrected chi connectivity index (χ4v) is 1.38. The summed E-state index contributed by atoms with van der Waals surface area (Å²) in [7, 11) is 1.16. The minimum Gasteiger partial charge on any atom is -0.459 e. The number of carbonyl (C=O) groups is 4. The number of hydrogen-bond acceptors (Lipinski definition) is 8. The zero-order valence-electron chi connectivity index (χ0n) is 14.2. The molecule has 0 aliphatic heterocycles. The van der Waals surface area contributed by atoms with E-state index in [1.165, 1.54) is 0 Å². The summed E-state index contributed by atoms with van der Waals surface area (Å²) in [6.45, 7) is 2.19. The fraction of sp³-hybridized carbons (Fsp3) is 0.529. The summed E-state index contributed by atoms with van der Waals surface area (Å²) in [6, 6.07) is 0. The van der Waals surface area contributed by atoms with Gasteiger partial charge in [0.15, 0.2) is 0 Å². The van der Waals surface area contributed by atoms with Crippen molar-refractivity contribution in [1.29, 1.82) is 0 Å². The molecule has 0 fully saturated rings. The van der Waals surface area contributed by atoms with Crippen LogP contribution in [0.1, 0.15) is 32.6 Å². The quantitative estimate of drug-likeness (QED) is 0.203. The highest BCUT2D eigenvalue weighted by molar-refractivity contribution is 5.98. The molecule has 0 saturated heterocycles. The maximum Gasteiger partial charge on any atom is 0.384 e. The van der Waals surface area contributed by atoms with Crippen LogP contribution in [-0.4, -0.2) is 50.8 Å². The molecule has 0 bridgehead atoms. The number of rotatable bonds is 8. The number of ether oxygens (including phenoxy) is 4. The van der Waals surface area contributed by atoms with Crippen LogP contribution in [0.15, 0.2) is 0 Å². The van der Waals surface area contributed by atoms with Crippen molar-refractivity contribution in [2.75, 3.05) is 26.9 Å². The average Bonchev–Trinajstić information content (AvgIpc) is 2.60. The van der Waals surface area contributed by atoms with E-state index in [1.807, 2.05) is 23.7 Å². The van der Waals surface area contributed by atoms with Crippen LogP contribution in [0.4, 0.5) is 0 Å². The summed E-state index contributed by atoms with van der Waals surface area (Å²) in [5.74, 6) is 4.83. The van der Waals surface area contributed by atoms with Crippen molar-refractivity contribution < 1.29 is 38.1 Å². The predicted octanol–water partition coefficient (Wildman–Crippen LogP) is 0.376. The van der Waals surface area contributed by atoms with Gasteiger partial charge in [0.1, 0.15) is 0 Å². The molecule has 0 radical (unpaired) electrons. The minimum atomic E-state index is -0.807. The molecule has 0 heterocycles. The second-order valence-electron chi connectivity index (χ2n) is 4.40. The molecule has 0 aromatic heterocycles.